The predicted molar refractivity (Wildman–Crippen MR) is 75.8 cm³/mol. The standard InChI is InChI=1S/C12H14N4O3S/c1-19-10-4-2-3-9(7-10)16-20(17,18)12-8-14-6-5-11(12)15-13/h2-8,16H,13H2,1H3,(H,14,15). The Morgan fingerprint density at radius 2 is 2.10 bits per heavy atom. The highest BCUT2D eigenvalue weighted by Gasteiger charge is 2.18. The molecule has 2 aromatic rings. The second-order valence-corrected chi connectivity index (χ2v) is 5.50. The first-order valence-electron chi connectivity index (χ1n) is 5.64. The fourth-order valence-electron chi connectivity index (χ4n) is 1.61. The number of aromatic nitrogens is 1. The molecule has 1 aromatic heterocycles. The molecule has 0 bridgehead atoms. The Hall–Kier alpha value is -2.32. The molecule has 0 aliphatic carbocycles. The normalized spacial score (nSPS) is 10.9. The Balaban J connectivity index is 2.35. The second-order valence-electron chi connectivity index (χ2n) is 3.85. The number of rotatable bonds is 5. The fourth-order valence-corrected chi connectivity index (χ4v) is 2.77. The second kappa shape index (κ2) is 5.76. The van der Waals surface area contributed by atoms with Crippen molar-refractivity contribution < 1.29 is 13.2 Å². The van der Waals surface area contributed by atoms with Crippen LogP contribution in [0, 0.1) is 0 Å². The first-order valence-corrected chi connectivity index (χ1v) is 7.12. The van der Waals surface area contributed by atoms with Gasteiger partial charge in [0.05, 0.1) is 18.5 Å². The van der Waals surface area contributed by atoms with Crippen molar-refractivity contribution in [2.75, 3.05) is 17.3 Å². The van der Waals surface area contributed by atoms with Crippen LogP contribution in [0.1, 0.15) is 0 Å². The molecule has 1 aromatic carbocycles. The smallest absolute Gasteiger partial charge is 0.265 e. The van der Waals surface area contributed by atoms with Gasteiger partial charge in [0.25, 0.3) is 10.0 Å². The van der Waals surface area contributed by atoms with Crippen LogP contribution < -0.4 is 20.7 Å². The number of sulfonamides is 1. The number of methoxy groups -OCH3 is 1. The Morgan fingerprint density at radius 3 is 2.80 bits per heavy atom. The summed E-state index contributed by atoms with van der Waals surface area (Å²) >= 11 is 0. The number of nitrogens with two attached hydrogens (primary N) is 1. The van der Waals surface area contributed by atoms with Crippen LogP contribution >= 0.6 is 0 Å². The van der Waals surface area contributed by atoms with Crippen LogP contribution in [0.3, 0.4) is 0 Å². The van der Waals surface area contributed by atoms with Gasteiger partial charge >= 0.3 is 0 Å². The first kappa shape index (κ1) is 14.1. The summed E-state index contributed by atoms with van der Waals surface area (Å²) in [6, 6.07) is 8.06. The molecule has 8 heteroatoms. The number of nitrogen functional groups attached to an aromatic ring is 1. The van der Waals surface area contributed by atoms with Gasteiger partial charge in [-0.1, -0.05) is 6.07 Å². The molecule has 7 nitrogen and oxygen atoms in total. The van der Waals surface area contributed by atoms with Crippen molar-refractivity contribution >= 4 is 21.4 Å². The lowest BCUT2D eigenvalue weighted by molar-refractivity contribution is 0.415. The van der Waals surface area contributed by atoms with Crippen LogP contribution in [0.15, 0.2) is 47.6 Å². The van der Waals surface area contributed by atoms with Gasteiger partial charge in [-0.15, -0.1) is 0 Å². The SMILES string of the molecule is COc1cccc(NS(=O)(=O)c2cnccc2NN)c1. The van der Waals surface area contributed by atoms with E-state index >= 15 is 0 Å². The van der Waals surface area contributed by atoms with Crippen molar-refractivity contribution in [2.24, 2.45) is 5.84 Å². The van der Waals surface area contributed by atoms with Crippen LogP contribution in [0.4, 0.5) is 11.4 Å². The number of ether oxygens (including phenoxy) is 1. The van der Waals surface area contributed by atoms with Gasteiger partial charge in [0.1, 0.15) is 10.6 Å². The average Bonchev–Trinajstić information content (AvgIpc) is 2.47. The topological polar surface area (TPSA) is 106 Å². The molecule has 0 fully saturated rings. The van der Waals surface area contributed by atoms with Crippen molar-refractivity contribution in [3.8, 4) is 5.75 Å². The molecule has 0 aliphatic heterocycles. The van der Waals surface area contributed by atoms with Crippen molar-refractivity contribution in [1.29, 1.82) is 0 Å². The van der Waals surface area contributed by atoms with E-state index in [1.165, 1.54) is 25.6 Å². The zero-order chi connectivity index (χ0) is 14.6. The zero-order valence-corrected chi connectivity index (χ0v) is 11.5. The lowest BCUT2D eigenvalue weighted by atomic mass is 10.3. The molecular formula is C12H14N4O3S. The molecule has 106 valence electrons. The highest BCUT2D eigenvalue weighted by Crippen LogP contribution is 2.23. The summed E-state index contributed by atoms with van der Waals surface area (Å²) in [6.45, 7) is 0. The number of benzene rings is 1. The maximum Gasteiger partial charge on any atom is 0.265 e. The maximum absolute atomic E-state index is 12.3. The summed E-state index contributed by atoms with van der Waals surface area (Å²) < 4.78 is 32.1. The summed E-state index contributed by atoms with van der Waals surface area (Å²) in [5.74, 6) is 5.85. The lowest BCUT2D eigenvalue weighted by Gasteiger charge is -2.11. The first-order chi connectivity index (χ1) is 9.56. The van der Waals surface area contributed by atoms with E-state index < -0.39 is 10.0 Å². The molecule has 0 saturated heterocycles. The van der Waals surface area contributed by atoms with Crippen molar-refractivity contribution in [2.45, 2.75) is 4.90 Å². The molecule has 0 spiro atoms. The highest BCUT2D eigenvalue weighted by atomic mass is 32.2. The molecule has 0 amide bonds. The Kier molecular flexibility index (Phi) is 4.06. The molecule has 0 radical (unpaired) electrons. The minimum absolute atomic E-state index is 0.0367. The Labute approximate surface area is 116 Å². The zero-order valence-electron chi connectivity index (χ0n) is 10.7. The van der Waals surface area contributed by atoms with Crippen molar-refractivity contribution in [3.05, 3.63) is 42.7 Å². The van der Waals surface area contributed by atoms with E-state index in [2.05, 4.69) is 15.1 Å². The van der Waals surface area contributed by atoms with Crippen LogP contribution in [0.25, 0.3) is 0 Å². The van der Waals surface area contributed by atoms with E-state index in [1.807, 2.05) is 0 Å². The number of hydrazine groups is 1. The van der Waals surface area contributed by atoms with Gasteiger partial charge in [-0.05, 0) is 18.2 Å². The summed E-state index contributed by atoms with van der Waals surface area (Å²) in [5, 5.41) is 0. The highest BCUT2D eigenvalue weighted by molar-refractivity contribution is 7.92. The van der Waals surface area contributed by atoms with Gasteiger partial charge in [-0.3, -0.25) is 15.5 Å². The maximum atomic E-state index is 12.3. The molecular weight excluding hydrogens is 280 g/mol. The van der Waals surface area contributed by atoms with E-state index in [1.54, 1.807) is 24.3 Å². The monoisotopic (exact) mass is 294 g/mol. The summed E-state index contributed by atoms with van der Waals surface area (Å²) in [6.07, 6.45) is 2.66. The van der Waals surface area contributed by atoms with Gasteiger partial charge in [0, 0.05) is 18.5 Å². The van der Waals surface area contributed by atoms with E-state index in [-0.39, 0.29) is 10.6 Å². The van der Waals surface area contributed by atoms with Crippen LogP contribution in [0.2, 0.25) is 0 Å². The fraction of sp³-hybridized carbons (Fsp3) is 0.0833. The third-order valence-corrected chi connectivity index (χ3v) is 3.96. The average molecular weight is 294 g/mol. The molecule has 1 heterocycles. The number of anilines is 2. The number of hydrogen-bond acceptors (Lipinski definition) is 6. The predicted octanol–water partition coefficient (Wildman–Crippen LogP) is 1.18. The van der Waals surface area contributed by atoms with Crippen molar-refractivity contribution in [1.82, 2.24) is 4.98 Å². The van der Waals surface area contributed by atoms with E-state index in [4.69, 9.17) is 10.6 Å². The van der Waals surface area contributed by atoms with Gasteiger partial charge in [0.2, 0.25) is 0 Å². The van der Waals surface area contributed by atoms with E-state index in [9.17, 15) is 8.42 Å². The van der Waals surface area contributed by atoms with Gasteiger partial charge in [-0.2, -0.15) is 0 Å². The summed E-state index contributed by atoms with van der Waals surface area (Å²) in [5.41, 5.74) is 2.97. The number of pyridine rings is 1. The molecule has 4 N–H and O–H groups in total. The molecule has 0 saturated carbocycles. The largest absolute Gasteiger partial charge is 0.497 e. The Bertz CT molecular complexity index is 703. The number of nitrogens with zero attached hydrogens (tertiary/aromatic N) is 1. The van der Waals surface area contributed by atoms with Crippen LogP contribution in [-0.2, 0) is 10.0 Å². The number of hydrogen-bond donors (Lipinski definition) is 3. The minimum Gasteiger partial charge on any atom is -0.497 e. The van der Waals surface area contributed by atoms with Crippen LogP contribution in [0.5, 0.6) is 5.75 Å². The minimum atomic E-state index is -3.79. The molecule has 2 rings (SSSR count). The lowest BCUT2D eigenvalue weighted by Crippen LogP contribution is -2.17. The summed E-state index contributed by atoms with van der Waals surface area (Å²) in [4.78, 5) is 3.76. The summed E-state index contributed by atoms with van der Waals surface area (Å²) in [7, 11) is -2.29. The number of nitrogens with one attached hydrogen (secondary N) is 2. The van der Waals surface area contributed by atoms with Gasteiger partial charge < -0.3 is 10.2 Å². The van der Waals surface area contributed by atoms with E-state index in [0.717, 1.165) is 0 Å². The van der Waals surface area contributed by atoms with Gasteiger partial charge in [0.15, 0.2) is 0 Å². The molecule has 20 heavy (non-hydrogen) atoms. The Morgan fingerprint density at radius 1 is 1.30 bits per heavy atom. The molecule has 0 aliphatic rings. The van der Waals surface area contributed by atoms with E-state index in [0.29, 0.717) is 11.4 Å². The van der Waals surface area contributed by atoms with Crippen molar-refractivity contribution in [3.63, 3.8) is 0 Å². The third-order valence-electron chi connectivity index (χ3n) is 2.55. The van der Waals surface area contributed by atoms with Gasteiger partial charge in [-0.25, -0.2) is 8.42 Å². The molecule has 0 unspecified atom stereocenters. The third kappa shape index (κ3) is 2.98. The molecule has 0 atom stereocenters. The quantitative estimate of drug-likeness (QED) is 0.564. The van der Waals surface area contributed by atoms with Crippen LogP contribution in [-0.4, -0.2) is 20.5 Å².